The van der Waals surface area contributed by atoms with Crippen LogP contribution in [0.1, 0.15) is 219 Å². The highest BCUT2D eigenvalue weighted by Crippen LogP contribution is 2.33. The normalized spacial score (nSPS) is 28.2. The number of unbranched alkanes of at least 4 members (excludes halogenated alkanes) is 19. The summed E-state index contributed by atoms with van der Waals surface area (Å²) in [4.78, 5) is 13.4. The minimum absolute atomic E-state index is 0.252. The topological polar surface area (TPSA) is 307 Å². The Balaban J connectivity index is 1.34. The van der Waals surface area contributed by atoms with Crippen molar-refractivity contribution in [3.05, 3.63) is 109 Å². The van der Waals surface area contributed by atoms with Gasteiger partial charge < -0.3 is 89.9 Å². The minimum Gasteiger partial charge on any atom is -0.394 e. The number of carbonyl (C=O) groups is 1. The summed E-state index contributed by atoms with van der Waals surface area (Å²) in [5, 5.41) is 120. The van der Waals surface area contributed by atoms with Crippen LogP contribution in [0.15, 0.2) is 109 Å². The van der Waals surface area contributed by atoms with Crippen LogP contribution in [0.3, 0.4) is 0 Å². The van der Waals surface area contributed by atoms with Crippen molar-refractivity contribution in [1.29, 1.82) is 0 Å². The van der Waals surface area contributed by atoms with Gasteiger partial charge in [-0.2, -0.15) is 0 Å². The molecule has 534 valence electrons. The van der Waals surface area contributed by atoms with Crippen molar-refractivity contribution in [2.75, 3.05) is 26.4 Å². The van der Waals surface area contributed by atoms with Crippen molar-refractivity contribution >= 4 is 5.91 Å². The first-order valence-electron chi connectivity index (χ1n) is 35.6. The lowest BCUT2D eigenvalue weighted by molar-refractivity contribution is -0.379. The van der Waals surface area contributed by atoms with Gasteiger partial charge in [-0.1, -0.05) is 239 Å². The van der Waals surface area contributed by atoms with Gasteiger partial charge in [0.25, 0.3) is 0 Å². The lowest BCUT2D eigenvalue weighted by Gasteiger charge is -2.48. The molecule has 0 bridgehead atoms. The van der Waals surface area contributed by atoms with E-state index in [1.165, 1.54) is 70.6 Å². The van der Waals surface area contributed by atoms with E-state index in [-0.39, 0.29) is 18.9 Å². The average Bonchev–Trinajstić information content (AvgIpc) is 0.805. The van der Waals surface area contributed by atoms with Gasteiger partial charge in [-0.3, -0.25) is 4.79 Å². The molecule has 3 fully saturated rings. The molecule has 3 aliphatic heterocycles. The Labute approximate surface area is 557 Å². The molecule has 3 rings (SSSR count). The van der Waals surface area contributed by atoms with Gasteiger partial charge in [0, 0.05) is 6.42 Å². The molecule has 0 aromatic rings. The molecule has 3 saturated heterocycles. The zero-order valence-electron chi connectivity index (χ0n) is 56.4. The summed E-state index contributed by atoms with van der Waals surface area (Å²) < 4.78 is 34.3. The molecule has 12 N–H and O–H groups in total. The Bertz CT molecular complexity index is 2110. The number of carbonyl (C=O) groups excluding carboxylic acids is 1. The average molecular weight is 1320 g/mol. The number of hydrogen-bond donors (Lipinski definition) is 12. The van der Waals surface area contributed by atoms with Crippen LogP contribution in [0.5, 0.6) is 0 Å². The molecule has 19 nitrogen and oxygen atoms in total. The van der Waals surface area contributed by atoms with Crippen LogP contribution >= 0.6 is 0 Å². The van der Waals surface area contributed by atoms with Crippen LogP contribution < -0.4 is 5.32 Å². The van der Waals surface area contributed by atoms with E-state index in [1.807, 2.05) is 0 Å². The summed E-state index contributed by atoms with van der Waals surface area (Å²) in [5.41, 5.74) is 0. The standard InChI is InChI=1S/C74H125NO18/c1-3-5-7-9-11-13-15-16-17-18-19-20-21-22-23-24-25-26-27-28-29-30-31-32-33-34-35-36-37-38-39-40-42-44-46-48-50-52-62(80)75-57(58(79)51-49-47-45-43-41-14-12-10-8-6-4-2)56-88-72-68(86)65(83)70(60(54-77)90-72)93-74-69(87)66(84)71(61(55-78)91-74)92-73-67(85)64(82)63(81)59(53-76)89-73/h5,7,11,13,16-17,19-20,22-23,25-26,28-29,31-32,34-35,57-61,63-74,76-79,81-87H,3-4,6,8-10,12,14-15,18,21,24,27,30,33,36-56H2,1-2H3,(H,75,80)/b7-5-,13-11-,17-16-,20-19-,23-22-,26-25-,29-28-,32-31-,35-34-. The summed E-state index contributed by atoms with van der Waals surface area (Å²) in [6.45, 7) is 1.64. The quantitative estimate of drug-likeness (QED) is 0.0199. The second kappa shape index (κ2) is 54.5. The molecule has 17 atom stereocenters. The fourth-order valence-electron chi connectivity index (χ4n) is 11.4. The number of allylic oxidation sites excluding steroid dienone is 18. The predicted octanol–water partition coefficient (Wildman–Crippen LogP) is 9.83. The number of amides is 1. The number of ether oxygens (including phenoxy) is 6. The maximum atomic E-state index is 13.4. The van der Waals surface area contributed by atoms with E-state index < -0.39 is 124 Å². The fraction of sp³-hybridized carbons (Fsp3) is 0.743. The third-order valence-corrected chi connectivity index (χ3v) is 17.1. The molecule has 3 heterocycles. The first-order valence-corrected chi connectivity index (χ1v) is 35.6. The molecule has 1 amide bonds. The molecule has 19 heteroatoms. The number of rotatable bonds is 53. The van der Waals surface area contributed by atoms with Crippen molar-refractivity contribution in [3.8, 4) is 0 Å². The summed E-state index contributed by atoms with van der Waals surface area (Å²) in [6.07, 6.45) is 46.1. The Morgan fingerprint density at radius 3 is 1.16 bits per heavy atom. The Hall–Kier alpha value is -3.55. The van der Waals surface area contributed by atoms with E-state index in [2.05, 4.69) is 129 Å². The SMILES string of the molecule is CC/C=C\C/C=C\C/C=C\C/C=C\C/C=C\C/C=C\C/C=C\C/C=C\C/C=C\CCCCCCCCCCCC(=O)NC(COC1OC(CO)C(OC2OC(CO)C(OC3OC(CO)C(O)C(O)C3O)C(O)C2O)C(O)C1O)C(O)CCCCCCCCCCCCC. The van der Waals surface area contributed by atoms with Crippen molar-refractivity contribution in [3.63, 3.8) is 0 Å². The van der Waals surface area contributed by atoms with E-state index >= 15 is 0 Å². The van der Waals surface area contributed by atoms with Gasteiger partial charge in [-0.05, 0) is 83.5 Å². The molecular weight excluding hydrogens is 1190 g/mol. The van der Waals surface area contributed by atoms with Crippen molar-refractivity contribution in [2.45, 2.75) is 324 Å². The molecule has 0 spiro atoms. The van der Waals surface area contributed by atoms with Crippen molar-refractivity contribution in [1.82, 2.24) is 5.32 Å². The van der Waals surface area contributed by atoms with Gasteiger partial charge >= 0.3 is 0 Å². The van der Waals surface area contributed by atoms with Crippen LogP contribution in [0.25, 0.3) is 0 Å². The summed E-state index contributed by atoms with van der Waals surface area (Å²) in [6, 6.07) is -0.896. The van der Waals surface area contributed by atoms with Crippen LogP contribution in [-0.2, 0) is 33.2 Å². The molecular formula is C74H125NO18. The molecule has 0 aromatic carbocycles. The van der Waals surface area contributed by atoms with E-state index in [0.29, 0.717) is 12.8 Å². The Morgan fingerprint density at radius 2 is 0.742 bits per heavy atom. The summed E-state index contributed by atoms with van der Waals surface area (Å²) in [7, 11) is 0. The lowest BCUT2D eigenvalue weighted by Crippen LogP contribution is -2.66. The van der Waals surface area contributed by atoms with Gasteiger partial charge in [0.05, 0.1) is 38.6 Å². The molecule has 3 aliphatic rings. The monoisotopic (exact) mass is 1320 g/mol. The van der Waals surface area contributed by atoms with Crippen molar-refractivity contribution in [2.24, 2.45) is 0 Å². The van der Waals surface area contributed by atoms with Crippen LogP contribution in [0, 0.1) is 0 Å². The van der Waals surface area contributed by atoms with E-state index in [9.17, 15) is 61.0 Å². The first-order chi connectivity index (χ1) is 45.3. The molecule has 0 radical (unpaired) electrons. The predicted molar refractivity (Wildman–Crippen MR) is 364 cm³/mol. The van der Waals surface area contributed by atoms with E-state index in [4.69, 9.17) is 28.4 Å². The highest BCUT2D eigenvalue weighted by molar-refractivity contribution is 5.76. The molecule has 17 unspecified atom stereocenters. The first kappa shape index (κ1) is 83.7. The lowest BCUT2D eigenvalue weighted by atomic mass is 9.96. The van der Waals surface area contributed by atoms with E-state index in [1.54, 1.807) is 0 Å². The van der Waals surface area contributed by atoms with Crippen LogP contribution in [0.2, 0.25) is 0 Å². The van der Waals surface area contributed by atoms with Gasteiger partial charge in [-0.15, -0.1) is 0 Å². The smallest absolute Gasteiger partial charge is 0.220 e. The molecule has 0 saturated carbocycles. The number of aliphatic hydroxyl groups excluding tert-OH is 11. The minimum atomic E-state index is -1.98. The third kappa shape index (κ3) is 36.0. The maximum absolute atomic E-state index is 13.4. The summed E-state index contributed by atoms with van der Waals surface area (Å²) in [5.74, 6) is -0.255. The highest BCUT2D eigenvalue weighted by atomic mass is 16.8. The third-order valence-electron chi connectivity index (χ3n) is 17.1. The van der Waals surface area contributed by atoms with E-state index in [0.717, 1.165) is 116 Å². The zero-order chi connectivity index (χ0) is 67.5. The second-order valence-electron chi connectivity index (χ2n) is 25.0. The summed E-state index contributed by atoms with van der Waals surface area (Å²) >= 11 is 0. The largest absolute Gasteiger partial charge is 0.394 e. The van der Waals surface area contributed by atoms with Gasteiger partial charge in [0.15, 0.2) is 18.9 Å². The highest BCUT2D eigenvalue weighted by Gasteiger charge is 2.53. The van der Waals surface area contributed by atoms with Crippen molar-refractivity contribution < 1.29 is 89.4 Å². The molecule has 0 aromatic heterocycles. The fourth-order valence-corrected chi connectivity index (χ4v) is 11.4. The van der Waals surface area contributed by atoms with Gasteiger partial charge in [-0.25, -0.2) is 0 Å². The number of nitrogens with one attached hydrogen (secondary N) is 1. The maximum Gasteiger partial charge on any atom is 0.220 e. The molecule has 0 aliphatic carbocycles. The number of hydrogen-bond acceptors (Lipinski definition) is 18. The number of aliphatic hydroxyl groups is 11. The second-order valence-corrected chi connectivity index (χ2v) is 25.0. The molecule has 93 heavy (non-hydrogen) atoms. The zero-order valence-corrected chi connectivity index (χ0v) is 56.4. The Kier molecular flexibility index (Phi) is 49.0. The van der Waals surface area contributed by atoms with Gasteiger partial charge in [0.2, 0.25) is 5.91 Å². The van der Waals surface area contributed by atoms with Crippen LogP contribution in [-0.4, -0.2) is 193 Å². The Morgan fingerprint density at radius 1 is 0.398 bits per heavy atom. The van der Waals surface area contributed by atoms with Gasteiger partial charge in [0.1, 0.15) is 73.2 Å². The van der Waals surface area contributed by atoms with Crippen LogP contribution in [0.4, 0.5) is 0 Å².